The van der Waals surface area contributed by atoms with Gasteiger partial charge in [0.25, 0.3) is 0 Å². The molecule has 2 fully saturated rings. The van der Waals surface area contributed by atoms with Crippen LogP contribution < -0.4 is 0 Å². The number of nitrogens with zero attached hydrogens (tertiary/aromatic N) is 3. The molecule has 2 heterocycles. The third kappa shape index (κ3) is 1.58. The predicted molar refractivity (Wildman–Crippen MR) is 56.3 cm³/mol. The van der Waals surface area contributed by atoms with Crippen LogP contribution in [0.3, 0.4) is 0 Å². The van der Waals surface area contributed by atoms with Gasteiger partial charge in [-0.3, -0.25) is 9.58 Å². The summed E-state index contributed by atoms with van der Waals surface area (Å²) in [5.74, 6) is 0. The second kappa shape index (κ2) is 3.06. The molecule has 2 aliphatic rings. The standard InChI is InChI=1S/C11H17N3O/c1-13-6-4-10(12-13)11(15)5-7-14(8-11)9-2-3-9/h4,6,9,15H,2-3,5,7-8H2,1H3. The lowest BCUT2D eigenvalue weighted by atomic mass is 9.99. The molecule has 0 bridgehead atoms. The van der Waals surface area contributed by atoms with Crippen LogP contribution in [0.4, 0.5) is 0 Å². The lowest BCUT2D eigenvalue weighted by Crippen LogP contribution is -2.32. The molecule has 0 aromatic carbocycles. The second-order valence-electron chi connectivity index (χ2n) is 4.86. The van der Waals surface area contributed by atoms with Gasteiger partial charge >= 0.3 is 0 Å². The lowest BCUT2D eigenvalue weighted by molar-refractivity contribution is 0.0403. The highest BCUT2D eigenvalue weighted by molar-refractivity contribution is 5.14. The van der Waals surface area contributed by atoms with Crippen LogP contribution >= 0.6 is 0 Å². The highest BCUT2D eigenvalue weighted by Crippen LogP contribution is 2.37. The van der Waals surface area contributed by atoms with E-state index in [1.165, 1.54) is 12.8 Å². The second-order valence-corrected chi connectivity index (χ2v) is 4.86. The van der Waals surface area contributed by atoms with Crippen LogP contribution in [0, 0.1) is 0 Å². The summed E-state index contributed by atoms with van der Waals surface area (Å²) in [6.07, 6.45) is 5.32. The number of aliphatic hydroxyl groups is 1. The van der Waals surface area contributed by atoms with E-state index in [4.69, 9.17) is 0 Å². The number of rotatable bonds is 2. The first-order chi connectivity index (χ1) is 7.17. The van der Waals surface area contributed by atoms with Gasteiger partial charge in [-0.1, -0.05) is 0 Å². The smallest absolute Gasteiger partial charge is 0.122 e. The largest absolute Gasteiger partial charge is 0.382 e. The van der Waals surface area contributed by atoms with E-state index in [1.54, 1.807) is 4.68 Å². The van der Waals surface area contributed by atoms with Crippen molar-refractivity contribution in [2.24, 2.45) is 7.05 Å². The van der Waals surface area contributed by atoms with Crippen molar-refractivity contribution in [3.8, 4) is 0 Å². The molecule has 1 unspecified atom stereocenters. The van der Waals surface area contributed by atoms with E-state index in [-0.39, 0.29) is 0 Å². The van der Waals surface area contributed by atoms with E-state index >= 15 is 0 Å². The van der Waals surface area contributed by atoms with Gasteiger partial charge in [-0.25, -0.2) is 0 Å². The Balaban J connectivity index is 1.79. The fourth-order valence-electron chi connectivity index (χ4n) is 2.45. The number of aryl methyl sites for hydroxylation is 1. The molecule has 1 saturated heterocycles. The van der Waals surface area contributed by atoms with Gasteiger partial charge in [0.05, 0.1) is 5.69 Å². The Hall–Kier alpha value is -0.870. The van der Waals surface area contributed by atoms with Crippen molar-refractivity contribution in [1.29, 1.82) is 0 Å². The lowest BCUT2D eigenvalue weighted by Gasteiger charge is -2.21. The molecule has 4 heteroatoms. The summed E-state index contributed by atoms with van der Waals surface area (Å²) in [5, 5.41) is 14.8. The minimum absolute atomic E-state index is 0.705. The van der Waals surface area contributed by atoms with Gasteiger partial charge in [-0.2, -0.15) is 5.10 Å². The van der Waals surface area contributed by atoms with E-state index < -0.39 is 5.60 Å². The minimum atomic E-state index is -0.705. The topological polar surface area (TPSA) is 41.3 Å². The highest BCUT2D eigenvalue weighted by Gasteiger charge is 2.44. The maximum atomic E-state index is 10.5. The summed E-state index contributed by atoms with van der Waals surface area (Å²) in [5.41, 5.74) is 0.122. The van der Waals surface area contributed by atoms with Crippen molar-refractivity contribution >= 4 is 0 Å². The average Bonchev–Trinajstić information content (AvgIpc) is 2.84. The molecule has 3 rings (SSSR count). The van der Waals surface area contributed by atoms with E-state index in [0.29, 0.717) is 0 Å². The molecular weight excluding hydrogens is 190 g/mol. The summed E-state index contributed by atoms with van der Waals surface area (Å²) < 4.78 is 1.76. The van der Waals surface area contributed by atoms with Crippen molar-refractivity contribution in [2.45, 2.75) is 30.9 Å². The molecule has 0 radical (unpaired) electrons. The van der Waals surface area contributed by atoms with Crippen LogP contribution in [-0.4, -0.2) is 38.9 Å². The summed E-state index contributed by atoms with van der Waals surface area (Å²) in [7, 11) is 1.89. The molecule has 1 saturated carbocycles. The van der Waals surface area contributed by atoms with E-state index in [2.05, 4.69) is 10.00 Å². The zero-order valence-electron chi connectivity index (χ0n) is 9.06. The van der Waals surface area contributed by atoms with Crippen molar-refractivity contribution < 1.29 is 5.11 Å². The third-order valence-electron chi connectivity index (χ3n) is 3.53. The molecule has 1 atom stereocenters. The monoisotopic (exact) mass is 207 g/mol. The van der Waals surface area contributed by atoms with E-state index in [0.717, 1.165) is 31.2 Å². The molecular formula is C11H17N3O. The van der Waals surface area contributed by atoms with E-state index in [1.807, 2.05) is 19.3 Å². The fourth-order valence-corrected chi connectivity index (χ4v) is 2.45. The van der Waals surface area contributed by atoms with E-state index in [9.17, 15) is 5.11 Å². The molecule has 1 aromatic heterocycles. The zero-order chi connectivity index (χ0) is 10.5. The van der Waals surface area contributed by atoms with Crippen molar-refractivity contribution in [3.63, 3.8) is 0 Å². The SMILES string of the molecule is Cn1ccc(C2(O)CCN(C3CC3)C2)n1. The molecule has 1 aliphatic heterocycles. The van der Waals surface area contributed by atoms with Crippen LogP contribution in [0.1, 0.15) is 25.0 Å². The Morgan fingerprint density at radius 2 is 2.33 bits per heavy atom. The van der Waals surface area contributed by atoms with Crippen LogP contribution in [0.5, 0.6) is 0 Å². The van der Waals surface area contributed by atoms with Gasteiger partial charge < -0.3 is 5.11 Å². The number of hydrogen-bond acceptors (Lipinski definition) is 3. The summed E-state index contributed by atoms with van der Waals surface area (Å²) in [6.45, 7) is 1.77. The first kappa shape index (κ1) is 9.36. The van der Waals surface area contributed by atoms with Gasteiger partial charge in [0.1, 0.15) is 5.60 Å². The Morgan fingerprint density at radius 3 is 2.93 bits per heavy atom. The van der Waals surface area contributed by atoms with Crippen molar-refractivity contribution in [1.82, 2.24) is 14.7 Å². The van der Waals surface area contributed by atoms with Crippen molar-refractivity contribution in [2.75, 3.05) is 13.1 Å². The van der Waals surface area contributed by atoms with Gasteiger partial charge in [0.15, 0.2) is 0 Å². The first-order valence-electron chi connectivity index (χ1n) is 5.64. The fraction of sp³-hybridized carbons (Fsp3) is 0.727. The Morgan fingerprint density at radius 1 is 1.53 bits per heavy atom. The first-order valence-corrected chi connectivity index (χ1v) is 5.64. The maximum absolute atomic E-state index is 10.5. The number of β-amino-alcohol motifs (C(OH)–C–C–N with tert-alkyl or cyclic N) is 1. The van der Waals surface area contributed by atoms with Crippen LogP contribution in [0.15, 0.2) is 12.3 Å². The molecule has 1 N–H and O–H groups in total. The number of aromatic nitrogens is 2. The quantitative estimate of drug-likeness (QED) is 0.766. The van der Waals surface area contributed by atoms with Gasteiger partial charge in [0, 0.05) is 32.4 Å². The molecule has 15 heavy (non-hydrogen) atoms. The van der Waals surface area contributed by atoms with Gasteiger partial charge in [0.2, 0.25) is 0 Å². The number of likely N-dealkylation sites (tertiary alicyclic amines) is 1. The van der Waals surface area contributed by atoms with Gasteiger partial charge in [-0.05, 0) is 25.3 Å². The molecule has 82 valence electrons. The summed E-state index contributed by atoms with van der Waals surface area (Å²) in [6, 6.07) is 2.67. The molecule has 4 nitrogen and oxygen atoms in total. The van der Waals surface area contributed by atoms with Gasteiger partial charge in [-0.15, -0.1) is 0 Å². The highest BCUT2D eigenvalue weighted by atomic mass is 16.3. The third-order valence-corrected chi connectivity index (χ3v) is 3.53. The maximum Gasteiger partial charge on any atom is 0.122 e. The molecule has 0 amide bonds. The van der Waals surface area contributed by atoms with Crippen LogP contribution in [0.2, 0.25) is 0 Å². The average molecular weight is 207 g/mol. The zero-order valence-corrected chi connectivity index (χ0v) is 9.06. The normalized spacial score (nSPS) is 32.4. The molecule has 1 aromatic rings. The summed E-state index contributed by atoms with van der Waals surface area (Å²) >= 11 is 0. The number of hydrogen-bond donors (Lipinski definition) is 1. The molecule has 0 spiro atoms. The predicted octanol–water partition coefficient (Wildman–Crippen LogP) is 0.476. The van der Waals surface area contributed by atoms with Crippen molar-refractivity contribution in [3.05, 3.63) is 18.0 Å². The van der Waals surface area contributed by atoms with Crippen LogP contribution in [0.25, 0.3) is 0 Å². The molecule has 1 aliphatic carbocycles. The van der Waals surface area contributed by atoms with Crippen LogP contribution in [-0.2, 0) is 12.6 Å². The minimum Gasteiger partial charge on any atom is -0.382 e. The summed E-state index contributed by atoms with van der Waals surface area (Å²) in [4.78, 5) is 2.40. The Kier molecular flexibility index (Phi) is 1.91. The Labute approximate surface area is 89.5 Å². The Bertz CT molecular complexity index is 372.